The predicted octanol–water partition coefficient (Wildman–Crippen LogP) is 2.47. The Hall–Kier alpha value is -2.03. The third kappa shape index (κ3) is 2.77. The highest BCUT2D eigenvalue weighted by molar-refractivity contribution is 9.10. The first kappa shape index (κ1) is 15.5. The van der Waals surface area contributed by atoms with Crippen LogP contribution in [0.1, 0.15) is 11.9 Å². The van der Waals surface area contributed by atoms with E-state index >= 15 is 0 Å². The molecule has 24 heavy (non-hydrogen) atoms. The summed E-state index contributed by atoms with van der Waals surface area (Å²) in [6, 6.07) is 10.1. The standard InChI is InChI=1S/C16H17BrN6O/c1-23-8-7-18-9-11(23)15-19-16(24-22-15)14-12(17)13(20-21-14)10-5-3-2-4-6-10/h2-6,11,18H,7-9H2,1H3,(H,20,21). The Balaban J connectivity index is 1.65. The van der Waals surface area contributed by atoms with Gasteiger partial charge in [0, 0.05) is 25.2 Å². The van der Waals surface area contributed by atoms with E-state index < -0.39 is 0 Å². The van der Waals surface area contributed by atoms with Gasteiger partial charge >= 0.3 is 0 Å². The maximum absolute atomic E-state index is 5.47. The summed E-state index contributed by atoms with van der Waals surface area (Å²) in [6.07, 6.45) is 0. The Morgan fingerprint density at radius 2 is 2.12 bits per heavy atom. The van der Waals surface area contributed by atoms with Gasteiger partial charge in [-0.2, -0.15) is 10.1 Å². The number of rotatable bonds is 3. The van der Waals surface area contributed by atoms with Gasteiger partial charge in [0.25, 0.3) is 5.89 Å². The van der Waals surface area contributed by atoms with Gasteiger partial charge in [0.05, 0.1) is 10.5 Å². The van der Waals surface area contributed by atoms with Crippen molar-refractivity contribution in [2.75, 3.05) is 26.7 Å². The van der Waals surface area contributed by atoms with Gasteiger partial charge in [-0.1, -0.05) is 35.5 Å². The Morgan fingerprint density at radius 3 is 2.92 bits per heavy atom. The van der Waals surface area contributed by atoms with Crippen LogP contribution in [-0.2, 0) is 0 Å². The van der Waals surface area contributed by atoms with Crippen molar-refractivity contribution in [3.63, 3.8) is 0 Å². The number of nitrogens with one attached hydrogen (secondary N) is 2. The van der Waals surface area contributed by atoms with E-state index in [0.717, 1.165) is 35.4 Å². The third-order valence-corrected chi connectivity index (χ3v) is 4.99. The van der Waals surface area contributed by atoms with Crippen molar-refractivity contribution in [1.82, 2.24) is 30.6 Å². The molecule has 4 rings (SSSR count). The van der Waals surface area contributed by atoms with Gasteiger partial charge in [-0.25, -0.2) is 0 Å². The summed E-state index contributed by atoms with van der Waals surface area (Å²) < 4.78 is 6.28. The van der Waals surface area contributed by atoms with E-state index in [9.17, 15) is 0 Å². The molecule has 1 unspecified atom stereocenters. The van der Waals surface area contributed by atoms with E-state index in [1.54, 1.807) is 0 Å². The summed E-state index contributed by atoms with van der Waals surface area (Å²) in [5.74, 6) is 1.12. The van der Waals surface area contributed by atoms with Crippen LogP contribution >= 0.6 is 15.9 Å². The highest BCUT2D eigenvalue weighted by atomic mass is 79.9. The fourth-order valence-corrected chi connectivity index (χ4v) is 3.40. The van der Waals surface area contributed by atoms with Crippen LogP contribution in [0.5, 0.6) is 0 Å². The summed E-state index contributed by atoms with van der Waals surface area (Å²) in [7, 11) is 2.07. The number of benzene rings is 1. The van der Waals surface area contributed by atoms with E-state index in [0.29, 0.717) is 17.4 Å². The molecule has 0 aliphatic carbocycles. The third-order valence-electron chi connectivity index (χ3n) is 4.22. The molecule has 0 saturated carbocycles. The number of H-pyrrole nitrogens is 1. The summed E-state index contributed by atoms with van der Waals surface area (Å²) in [5, 5.41) is 14.9. The van der Waals surface area contributed by atoms with Crippen molar-refractivity contribution < 1.29 is 4.52 Å². The molecule has 3 aromatic rings. The maximum atomic E-state index is 5.47. The fourth-order valence-electron chi connectivity index (χ4n) is 2.82. The molecule has 0 bridgehead atoms. The van der Waals surface area contributed by atoms with E-state index in [2.05, 4.69) is 53.5 Å². The van der Waals surface area contributed by atoms with Gasteiger partial charge in [-0.05, 0) is 23.0 Å². The molecule has 1 saturated heterocycles. The van der Waals surface area contributed by atoms with Gasteiger partial charge in [0.15, 0.2) is 5.82 Å². The summed E-state index contributed by atoms with van der Waals surface area (Å²) in [4.78, 5) is 6.79. The Labute approximate surface area is 147 Å². The van der Waals surface area contributed by atoms with E-state index in [1.807, 2.05) is 30.3 Å². The van der Waals surface area contributed by atoms with E-state index in [1.165, 1.54) is 0 Å². The van der Waals surface area contributed by atoms with Crippen LogP contribution in [0, 0.1) is 0 Å². The molecular weight excluding hydrogens is 372 g/mol. The molecule has 2 aromatic heterocycles. The monoisotopic (exact) mass is 388 g/mol. The molecule has 1 fully saturated rings. The second-order valence-corrected chi connectivity index (χ2v) is 6.58. The Kier molecular flexibility index (Phi) is 4.17. The minimum Gasteiger partial charge on any atom is -0.332 e. The van der Waals surface area contributed by atoms with Crippen LogP contribution in [-0.4, -0.2) is 51.9 Å². The number of nitrogens with zero attached hydrogens (tertiary/aromatic N) is 4. The molecule has 0 spiro atoms. The average Bonchev–Trinajstić information content (AvgIpc) is 3.23. The molecular formula is C16H17BrN6O. The number of aromatic nitrogens is 4. The average molecular weight is 389 g/mol. The summed E-state index contributed by atoms with van der Waals surface area (Å²) >= 11 is 3.60. The number of likely N-dealkylation sites (N-methyl/N-ethyl adjacent to an activating group) is 1. The second-order valence-electron chi connectivity index (χ2n) is 5.79. The van der Waals surface area contributed by atoms with Crippen molar-refractivity contribution in [1.29, 1.82) is 0 Å². The van der Waals surface area contributed by atoms with Gasteiger partial charge < -0.3 is 9.84 Å². The van der Waals surface area contributed by atoms with Crippen molar-refractivity contribution in [3.05, 3.63) is 40.6 Å². The van der Waals surface area contributed by atoms with Crippen LogP contribution < -0.4 is 5.32 Å². The molecule has 1 aromatic carbocycles. The van der Waals surface area contributed by atoms with E-state index in [4.69, 9.17) is 4.52 Å². The SMILES string of the molecule is CN1CCNCC1c1noc(-c2[nH]nc(-c3ccccc3)c2Br)n1. The van der Waals surface area contributed by atoms with E-state index in [-0.39, 0.29) is 6.04 Å². The normalized spacial score (nSPS) is 18.8. The Morgan fingerprint density at radius 1 is 1.29 bits per heavy atom. The van der Waals surface area contributed by atoms with Crippen LogP contribution in [0.4, 0.5) is 0 Å². The smallest absolute Gasteiger partial charge is 0.277 e. The first-order valence-electron chi connectivity index (χ1n) is 7.78. The lowest BCUT2D eigenvalue weighted by molar-refractivity contribution is 0.190. The number of hydrogen-bond acceptors (Lipinski definition) is 6. The largest absolute Gasteiger partial charge is 0.332 e. The molecule has 1 atom stereocenters. The molecule has 1 aliphatic rings. The van der Waals surface area contributed by atoms with Crippen molar-refractivity contribution in [2.24, 2.45) is 0 Å². The minimum atomic E-state index is 0.117. The van der Waals surface area contributed by atoms with Crippen molar-refractivity contribution in [3.8, 4) is 22.8 Å². The number of piperazine rings is 1. The van der Waals surface area contributed by atoms with Gasteiger partial charge in [-0.15, -0.1) is 0 Å². The highest BCUT2D eigenvalue weighted by Gasteiger charge is 2.27. The van der Waals surface area contributed by atoms with Crippen molar-refractivity contribution in [2.45, 2.75) is 6.04 Å². The fraction of sp³-hybridized carbons (Fsp3) is 0.312. The molecule has 0 amide bonds. The second kappa shape index (κ2) is 6.46. The predicted molar refractivity (Wildman–Crippen MR) is 93.3 cm³/mol. The lowest BCUT2D eigenvalue weighted by atomic mass is 10.1. The van der Waals surface area contributed by atoms with Crippen molar-refractivity contribution >= 4 is 15.9 Å². The zero-order valence-electron chi connectivity index (χ0n) is 13.2. The maximum Gasteiger partial charge on any atom is 0.277 e. The summed E-state index contributed by atoms with van der Waals surface area (Å²) in [5.41, 5.74) is 2.53. The van der Waals surface area contributed by atoms with Crippen LogP contribution in [0.15, 0.2) is 39.3 Å². The summed E-state index contributed by atoms with van der Waals surface area (Å²) in [6.45, 7) is 2.75. The minimum absolute atomic E-state index is 0.117. The first-order valence-corrected chi connectivity index (χ1v) is 8.57. The molecule has 124 valence electrons. The van der Waals surface area contributed by atoms with Crippen LogP contribution in [0.3, 0.4) is 0 Å². The molecule has 0 radical (unpaired) electrons. The molecule has 8 heteroatoms. The number of halogens is 1. The first-order chi connectivity index (χ1) is 11.7. The Bertz CT molecular complexity index is 830. The number of hydrogen-bond donors (Lipinski definition) is 2. The zero-order chi connectivity index (χ0) is 16.5. The lowest BCUT2D eigenvalue weighted by Gasteiger charge is -2.30. The van der Waals surface area contributed by atoms with Gasteiger partial charge in [0.2, 0.25) is 0 Å². The van der Waals surface area contributed by atoms with Crippen LogP contribution in [0.2, 0.25) is 0 Å². The van der Waals surface area contributed by atoms with Crippen LogP contribution in [0.25, 0.3) is 22.8 Å². The molecule has 2 N–H and O–H groups in total. The molecule has 3 heterocycles. The lowest BCUT2D eigenvalue weighted by Crippen LogP contribution is -2.44. The quantitative estimate of drug-likeness (QED) is 0.716. The molecule has 7 nitrogen and oxygen atoms in total. The van der Waals surface area contributed by atoms with Gasteiger partial charge in [-0.3, -0.25) is 10.00 Å². The van der Waals surface area contributed by atoms with Gasteiger partial charge in [0.1, 0.15) is 11.4 Å². The zero-order valence-corrected chi connectivity index (χ0v) is 14.7. The number of aromatic amines is 1. The highest BCUT2D eigenvalue weighted by Crippen LogP contribution is 2.34. The topological polar surface area (TPSA) is 82.9 Å². The molecule has 1 aliphatic heterocycles.